The van der Waals surface area contributed by atoms with Crippen molar-refractivity contribution in [3.05, 3.63) is 6.33 Å². The molecule has 9 heteroatoms. The number of amidine groups is 1. The van der Waals surface area contributed by atoms with E-state index in [1.165, 1.54) is 11.8 Å². The number of hydrogen-bond acceptors (Lipinski definition) is 7. The molecule has 0 radical (unpaired) electrons. The molecule has 0 aliphatic carbocycles. The number of halogens is 1. The van der Waals surface area contributed by atoms with E-state index < -0.39 is 0 Å². The molecule has 4 N–H and O–H groups in total. The molecule has 0 atom stereocenters. The van der Waals surface area contributed by atoms with Gasteiger partial charge in [0.1, 0.15) is 10.5 Å². The molecular formula is C8H10ClN7S. The summed E-state index contributed by atoms with van der Waals surface area (Å²) in [6, 6.07) is 0. The Bertz CT molecular complexity index is 566. The predicted molar refractivity (Wildman–Crippen MR) is 69.5 cm³/mol. The van der Waals surface area contributed by atoms with Gasteiger partial charge < -0.3 is 16.0 Å². The van der Waals surface area contributed by atoms with Gasteiger partial charge in [-0.25, -0.2) is 9.97 Å². The maximum atomic E-state index is 5.61. The number of rotatable bonds is 1. The monoisotopic (exact) mass is 271 g/mol. The maximum Gasteiger partial charge on any atom is 0.223 e. The standard InChI is InChI=1S/C8H9N7S.ClH/c9-7-14-5-4(12-3-13-5)6(15-7)16-8-10-1-2-11-8;/h3H,1-2H2,(H,10,11)(H3,9,12,13,14,15);1H. The summed E-state index contributed by atoms with van der Waals surface area (Å²) in [6.07, 6.45) is 1.58. The highest BCUT2D eigenvalue weighted by molar-refractivity contribution is 8.14. The van der Waals surface area contributed by atoms with Crippen LogP contribution in [0.25, 0.3) is 11.2 Å². The third-order valence-electron chi connectivity index (χ3n) is 2.11. The first-order valence-corrected chi connectivity index (χ1v) is 5.57. The highest BCUT2D eigenvalue weighted by Gasteiger charge is 2.13. The predicted octanol–water partition coefficient (Wildman–Crippen LogP) is 0.408. The van der Waals surface area contributed by atoms with Crippen molar-refractivity contribution in [1.29, 1.82) is 0 Å². The Morgan fingerprint density at radius 3 is 3.00 bits per heavy atom. The van der Waals surface area contributed by atoms with Crippen LogP contribution in [-0.4, -0.2) is 38.2 Å². The van der Waals surface area contributed by atoms with Gasteiger partial charge in [-0.2, -0.15) is 4.98 Å². The number of thioether (sulfide) groups is 1. The van der Waals surface area contributed by atoms with Crippen LogP contribution in [0, 0.1) is 0 Å². The largest absolute Gasteiger partial charge is 0.368 e. The fourth-order valence-electron chi connectivity index (χ4n) is 1.43. The first-order valence-electron chi connectivity index (χ1n) is 4.76. The van der Waals surface area contributed by atoms with Crippen LogP contribution in [0.5, 0.6) is 0 Å². The molecule has 90 valence electrons. The first kappa shape index (κ1) is 11.9. The molecular weight excluding hydrogens is 262 g/mol. The number of nitrogens with one attached hydrogen (secondary N) is 2. The molecule has 0 amide bonds. The van der Waals surface area contributed by atoms with Crippen LogP contribution in [0.2, 0.25) is 0 Å². The summed E-state index contributed by atoms with van der Waals surface area (Å²) in [6.45, 7) is 1.67. The van der Waals surface area contributed by atoms with Gasteiger partial charge in [0.05, 0.1) is 12.9 Å². The van der Waals surface area contributed by atoms with Gasteiger partial charge in [-0.1, -0.05) is 0 Å². The van der Waals surface area contributed by atoms with Crippen molar-refractivity contribution >= 4 is 46.4 Å². The lowest BCUT2D eigenvalue weighted by Crippen LogP contribution is -2.15. The van der Waals surface area contributed by atoms with Crippen molar-refractivity contribution in [3.63, 3.8) is 0 Å². The molecule has 0 saturated carbocycles. The van der Waals surface area contributed by atoms with E-state index >= 15 is 0 Å². The summed E-state index contributed by atoms with van der Waals surface area (Å²) < 4.78 is 0. The number of aromatic amines is 1. The van der Waals surface area contributed by atoms with E-state index in [1.54, 1.807) is 6.33 Å². The van der Waals surface area contributed by atoms with Gasteiger partial charge in [-0.3, -0.25) is 4.99 Å². The summed E-state index contributed by atoms with van der Waals surface area (Å²) in [7, 11) is 0. The Kier molecular flexibility index (Phi) is 3.34. The highest BCUT2D eigenvalue weighted by Crippen LogP contribution is 2.24. The van der Waals surface area contributed by atoms with Gasteiger partial charge in [0, 0.05) is 6.54 Å². The van der Waals surface area contributed by atoms with E-state index in [4.69, 9.17) is 5.73 Å². The van der Waals surface area contributed by atoms with Crippen LogP contribution >= 0.6 is 24.2 Å². The second-order valence-corrected chi connectivity index (χ2v) is 4.18. The van der Waals surface area contributed by atoms with E-state index in [2.05, 4.69) is 30.2 Å². The number of fused-ring (bicyclic) bond motifs is 1. The van der Waals surface area contributed by atoms with E-state index in [-0.39, 0.29) is 18.4 Å². The zero-order chi connectivity index (χ0) is 11.0. The molecule has 2 aromatic heterocycles. The molecule has 2 aromatic rings. The molecule has 0 unspecified atom stereocenters. The van der Waals surface area contributed by atoms with Gasteiger partial charge in [0.25, 0.3) is 0 Å². The molecule has 3 rings (SSSR count). The number of anilines is 1. The number of nitrogens with two attached hydrogens (primary N) is 1. The van der Waals surface area contributed by atoms with E-state index in [0.717, 1.165) is 28.8 Å². The van der Waals surface area contributed by atoms with E-state index in [0.29, 0.717) is 5.65 Å². The minimum Gasteiger partial charge on any atom is -0.368 e. The molecule has 1 aliphatic rings. The highest BCUT2D eigenvalue weighted by atomic mass is 35.5. The van der Waals surface area contributed by atoms with Crippen LogP contribution in [0.4, 0.5) is 5.95 Å². The van der Waals surface area contributed by atoms with Gasteiger partial charge in [-0.15, -0.1) is 12.4 Å². The number of imidazole rings is 1. The topological polar surface area (TPSA) is 105 Å². The summed E-state index contributed by atoms with van der Waals surface area (Å²) >= 11 is 1.44. The summed E-state index contributed by atoms with van der Waals surface area (Å²) in [5, 5.41) is 4.76. The Labute approximate surface area is 107 Å². The smallest absolute Gasteiger partial charge is 0.223 e. The normalized spacial score (nSPS) is 14.2. The van der Waals surface area contributed by atoms with Gasteiger partial charge in [-0.05, 0) is 11.8 Å². The molecule has 3 heterocycles. The molecule has 7 nitrogen and oxygen atoms in total. The van der Waals surface area contributed by atoms with Crippen molar-refractivity contribution < 1.29 is 0 Å². The minimum absolute atomic E-state index is 0. The zero-order valence-electron chi connectivity index (χ0n) is 8.67. The average Bonchev–Trinajstić information content (AvgIpc) is 2.87. The van der Waals surface area contributed by atoms with Gasteiger partial charge in [0.15, 0.2) is 10.8 Å². The number of H-pyrrole nitrogens is 1. The quantitative estimate of drug-likeness (QED) is 0.649. The van der Waals surface area contributed by atoms with Crippen molar-refractivity contribution in [1.82, 2.24) is 25.3 Å². The summed E-state index contributed by atoms with van der Waals surface area (Å²) in [5.74, 6) is 0.223. The zero-order valence-corrected chi connectivity index (χ0v) is 10.3. The van der Waals surface area contributed by atoms with Crippen molar-refractivity contribution in [2.45, 2.75) is 5.03 Å². The third kappa shape index (κ3) is 2.27. The lowest BCUT2D eigenvalue weighted by Gasteiger charge is -2.02. The van der Waals surface area contributed by atoms with Crippen LogP contribution in [-0.2, 0) is 0 Å². The summed E-state index contributed by atoms with van der Waals surface area (Å²) in [5.41, 5.74) is 6.97. The molecule has 0 spiro atoms. The molecule has 17 heavy (non-hydrogen) atoms. The number of aliphatic imine (C=N–C) groups is 1. The Morgan fingerprint density at radius 2 is 2.24 bits per heavy atom. The number of hydrogen-bond donors (Lipinski definition) is 3. The van der Waals surface area contributed by atoms with Crippen LogP contribution < -0.4 is 11.1 Å². The Balaban J connectivity index is 0.00000108. The summed E-state index contributed by atoms with van der Waals surface area (Å²) in [4.78, 5) is 19.5. The fraction of sp³-hybridized carbons (Fsp3) is 0.250. The molecule has 0 fully saturated rings. The number of nitrogen functional groups attached to an aromatic ring is 1. The van der Waals surface area contributed by atoms with Crippen LogP contribution in [0.1, 0.15) is 0 Å². The first-order chi connectivity index (χ1) is 7.83. The second-order valence-electron chi connectivity index (χ2n) is 3.20. The Morgan fingerprint density at radius 1 is 1.35 bits per heavy atom. The van der Waals surface area contributed by atoms with Crippen LogP contribution in [0.15, 0.2) is 16.3 Å². The lowest BCUT2D eigenvalue weighted by molar-refractivity contribution is 0.963. The molecule has 0 aromatic carbocycles. The van der Waals surface area contributed by atoms with E-state index in [9.17, 15) is 0 Å². The molecule has 0 saturated heterocycles. The molecule has 0 bridgehead atoms. The SMILES string of the molecule is Cl.Nc1nc(SC2=NCCN2)c2[nH]cnc2n1. The fourth-order valence-corrected chi connectivity index (χ4v) is 2.34. The van der Waals surface area contributed by atoms with Crippen molar-refractivity contribution in [2.24, 2.45) is 4.99 Å². The lowest BCUT2D eigenvalue weighted by atomic mass is 10.5. The second kappa shape index (κ2) is 4.76. The van der Waals surface area contributed by atoms with Crippen molar-refractivity contribution in [3.8, 4) is 0 Å². The Hall–Kier alpha value is -1.54. The maximum absolute atomic E-state index is 5.61. The van der Waals surface area contributed by atoms with E-state index in [1.807, 2.05) is 0 Å². The third-order valence-corrected chi connectivity index (χ3v) is 3.06. The van der Waals surface area contributed by atoms with Crippen LogP contribution in [0.3, 0.4) is 0 Å². The minimum atomic E-state index is 0. The molecule has 1 aliphatic heterocycles. The van der Waals surface area contributed by atoms with Gasteiger partial charge in [0.2, 0.25) is 5.95 Å². The number of aromatic nitrogens is 4. The average molecular weight is 272 g/mol. The number of nitrogens with zero attached hydrogens (tertiary/aromatic N) is 4. The van der Waals surface area contributed by atoms with Gasteiger partial charge >= 0.3 is 0 Å². The van der Waals surface area contributed by atoms with Crippen molar-refractivity contribution in [2.75, 3.05) is 18.8 Å².